The van der Waals surface area contributed by atoms with Crippen molar-refractivity contribution in [2.45, 2.75) is 38.5 Å². The maximum atomic E-state index is 2.41. The van der Waals surface area contributed by atoms with E-state index in [1.54, 1.807) is 0 Å². The van der Waals surface area contributed by atoms with Crippen molar-refractivity contribution >= 4 is 0 Å². The van der Waals surface area contributed by atoms with Crippen LogP contribution in [0.15, 0.2) is 48.5 Å². The summed E-state index contributed by atoms with van der Waals surface area (Å²) in [5.41, 5.74) is 6.11. The zero-order chi connectivity index (χ0) is 12.6. The van der Waals surface area contributed by atoms with E-state index in [0.717, 1.165) is 0 Å². The van der Waals surface area contributed by atoms with E-state index in [0.29, 0.717) is 0 Å². The summed E-state index contributed by atoms with van der Waals surface area (Å²) in [5, 5.41) is 0. The van der Waals surface area contributed by atoms with E-state index < -0.39 is 0 Å². The molecule has 0 unspecified atom stereocenters. The molecule has 0 saturated carbocycles. The van der Waals surface area contributed by atoms with Gasteiger partial charge in [-0.05, 0) is 28.7 Å². The van der Waals surface area contributed by atoms with Crippen LogP contribution in [0.4, 0.5) is 0 Å². The SMILES string of the molecule is CCCCC1(C)c2ccccc2-c2ccccc21. The third-order valence-corrected chi connectivity index (χ3v) is 4.36. The summed E-state index contributed by atoms with van der Waals surface area (Å²) in [7, 11) is 0. The fourth-order valence-corrected chi connectivity index (χ4v) is 3.34. The Kier molecular flexibility index (Phi) is 2.74. The topological polar surface area (TPSA) is 0 Å². The molecule has 0 bridgehead atoms. The van der Waals surface area contributed by atoms with E-state index in [-0.39, 0.29) is 5.41 Å². The number of unbranched alkanes of at least 4 members (excludes halogenated alkanes) is 1. The lowest BCUT2D eigenvalue weighted by atomic mass is 9.76. The predicted molar refractivity (Wildman–Crippen MR) is 77.9 cm³/mol. The van der Waals surface area contributed by atoms with Crippen molar-refractivity contribution in [2.24, 2.45) is 0 Å². The van der Waals surface area contributed by atoms with Gasteiger partial charge >= 0.3 is 0 Å². The third-order valence-electron chi connectivity index (χ3n) is 4.36. The second kappa shape index (κ2) is 4.28. The first-order chi connectivity index (χ1) is 8.77. The monoisotopic (exact) mass is 236 g/mol. The molecule has 0 amide bonds. The van der Waals surface area contributed by atoms with Gasteiger partial charge in [0.25, 0.3) is 0 Å². The summed E-state index contributed by atoms with van der Waals surface area (Å²) in [6.45, 7) is 4.68. The first kappa shape index (κ1) is 11.5. The van der Waals surface area contributed by atoms with Gasteiger partial charge in [-0.2, -0.15) is 0 Å². The lowest BCUT2D eigenvalue weighted by Crippen LogP contribution is -2.20. The Labute approximate surface area is 110 Å². The van der Waals surface area contributed by atoms with Crippen LogP contribution < -0.4 is 0 Å². The van der Waals surface area contributed by atoms with Crippen molar-refractivity contribution in [1.29, 1.82) is 0 Å². The Hall–Kier alpha value is -1.56. The van der Waals surface area contributed by atoms with Crippen molar-refractivity contribution in [3.05, 3.63) is 59.7 Å². The van der Waals surface area contributed by atoms with Gasteiger partial charge in [0.2, 0.25) is 0 Å². The van der Waals surface area contributed by atoms with Gasteiger partial charge in [0.05, 0.1) is 0 Å². The zero-order valence-corrected chi connectivity index (χ0v) is 11.2. The molecule has 0 heterocycles. The Morgan fingerprint density at radius 1 is 0.833 bits per heavy atom. The molecule has 18 heavy (non-hydrogen) atoms. The predicted octanol–water partition coefficient (Wildman–Crippen LogP) is 5.16. The fourth-order valence-electron chi connectivity index (χ4n) is 3.34. The summed E-state index contributed by atoms with van der Waals surface area (Å²) < 4.78 is 0. The molecule has 1 aliphatic carbocycles. The second-order valence-corrected chi connectivity index (χ2v) is 5.53. The number of benzene rings is 2. The van der Waals surface area contributed by atoms with Gasteiger partial charge in [0, 0.05) is 5.41 Å². The van der Waals surface area contributed by atoms with Gasteiger partial charge < -0.3 is 0 Å². The van der Waals surface area contributed by atoms with E-state index in [2.05, 4.69) is 62.4 Å². The normalized spacial score (nSPS) is 15.2. The Bertz CT molecular complexity index is 520. The minimum absolute atomic E-state index is 0.212. The van der Waals surface area contributed by atoms with Crippen molar-refractivity contribution in [2.75, 3.05) is 0 Å². The van der Waals surface area contributed by atoms with Crippen molar-refractivity contribution in [3.8, 4) is 11.1 Å². The van der Waals surface area contributed by atoms with Crippen molar-refractivity contribution in [3.63, 3.8) is 0 Å². The largest absolute Gasteiger partial charge is 0.0654 e. The maximum absolute atomic E-state index is 2.41. The smallest absolute Gasteiger partial charge is 0.0187 e. The number of hydrogen-bond acceptors (Lipinski definition) is 0. The highest BCUT2D eigenvalue weighted by Gasteiger charge is 2.37. The van der Waals surface area contributed by atoms with Crippen LogP contribution in [0, 0.1) is 0 Å². The lowest BCUT2D eigenvalue weighted by molar-refractivity contribution is 0.504. The van der Waals surface area contributed by atoms with Gasteiger partial charge in [-0.3, -0.25) is 0 Å². The van der Waals surface area contributed by atoms with E-state index in [1.165, 1.54) is 41.5 Å². The molecule has 0 spiro atoms. The number of fused-ring (bicyclic) bond motifs is 3. The Morgan fingerprint density at radius 2 is 1.33 bits per heavy atom. The second-order valence-electron chi connectivity index (χ2n) is 5.53. The average molecular weight is 236 g/mol. The molecule has 0 aliphatic heterocycles. The molecule has 0 atom stereocenters. The van der Waals surface area contributed by atoms with Crippen LogP contribution in [-0.4, -0.2) is 0 Å². The summed E-state index contributed by atoms with van der Waals surface area (Å²) in [6, 6.07) is 17.8. The molecule has 0 saturated heterocycles. The van der Waals surface area contributed by atoms with Gasteiger partial charge in [-0.1, -0.05) is 75.2 Å². The fraction of sp³-hybridized carbons (Fsp3) is 0.333. The van der Waals surface area contributed by atoms with Crippen LogP contribution >= 0.6 is 0 Å². The highest BCUT2D eigenvalue weighted by molar-refractivity contribution is 5.80. The minimum atomic E-state index is 0.212. The highest BCUT2D eigenvalue weighted by atomic mass is 14.4. The summed E-state index contributed by atoms with van der Waals surface area (Å²) in [6.07, 6.45) is 3.80. The molecule has 2 aromatic rings. The van der Waals surface area contributed by atoms with Crippen LogP contribution in [0.5, 0.6) is 0 Å². The van der Waals surface area contributed by atoms with E-state index in [4.69, 9.17) is 0 Å². The molecule has 3 rings (SSSR count). The minimum Gasteiger partial charge on any atom is -0.0654 e. The highest BCUT2D eigenvalue weighted by Crippen LogP contribution is 2.50. The Balaban J connectivity index is 2.20. The molecule has 92 valence electrons. The van der Waals surface area contributed by atoms with Gasteiger partial charge in [0.1, 0.15) is 0 Å². The van der Waals surface area contributed by atoms with Crippen molar-refractivity contribution in [1.82, 2.24) is 0 Å². The molecule has 0 radical (unpaired) electrons. The molecular formula is C18H20. The van der Waals surface area contributed by atoms with Crippen molar-refractivity contribution < 1.29 is 0 Å². The molecule has 0 fully saturated rings. The Morgan fingerprint density at radius 3 is 1.83 bits per heavy atom. The number of rotatable bonds is 3. The average Bonchev–Trinajstić information content (AvgIpc) is 2.69. The number of hydrogen-bond donors (Lipinski definition) is 0. The van der Waals surface area contributed by atoms with Gasteiger partial charge in [-0.15, -0.1) is 0 Å². The summed E-state index contributed by atoms with van der Waals surface area (Å²) in [5.74, 6) is 0. The van der Waals surface area contributed by atoms with E-state index in [9.17, 15) is 0 Å². The maximum Gasteiger partial charge on any atom is 0.0187 e. The molecular weight excluding hydrogens is 216 g/mol. The molecule has 2 aromatic carbocycles. The summed E-state index contributed by atoms with van der Waals surface area (Å²) in [4.78, 5) is 0. The molecule has 0 heteroatoms. The molecule has 0 nitrogen and oxygen atoms in total. The van der Waals surface area contributed by atoms with Crippen LogP contribution in [-0.2, 0) is 5.41 Å². The third kappa shape index (κ3) is 1.52. The quantitative estimate of drug-likeness (QED) is 0.690. The zero-order valence-electron chi connectivity index (χ0n) is 11.2. The lowest BCUT2D eigenvalue weighted by Gasteiger charge is -2.27. The van der Waals surface area contributed by atoms with E-state index >= 15 is 0 Å². The van der Waals surface area contributed by atoms with Crippen LogP contribution in [0.1, 0.15) is 44.2 Å². The summed E-state index contributed by atoms with van der Waals surface area (Å²) >= 11 is 0. The van der Waals surface area contributed by atoms with Gasteiger partial charge in [0.15, 0.2) is 0 Å². The molecule has 0 N–H and O–H groups in total. The first-order valence-corrected chi connectivity index (χ1v) is 6.97. The molecule has 0 aromatic heterocycles. The van der Waals surface area contributed by atoms with E-state index in [1.807, 2.05) is 0 Å². The standard InChI is InChI=1S/C18H20/c1-3-4-13-18(2)16-11-7-5-9-14(16)15-10-6-8-12-17(15)18/h5-12H,3-4,13H2,1-2H3. The van der Waals surface area contributed by atoms with Gasteiger partial charge in [-0.25, -0.2) is 0 Å². The van der Waals surface area contributed by atoms with Crippen LogP contribution in [0.3, 0.4) is 0 Å². The van der Waals surface area contributed by atoms with Crippen LogP contribution in [0.2, 0.25) is 0 Å². The first-order valence-electron chi connectivity index (χ1n) is 6.97. The van der Waals surface area contributed by atoms with Crippen LogP contribution in [0.25, 0.3) is 11.1 Å². The molecule has 1 aliphatic rings.